The van der Waals surface area contributed by atoms with Gasteiger partial charge in [-0.3, -0.25) is 29.8 Å². The zero-order chi connectivity index (χ0) is 22.5. The van der Waals surface area contributed by atoms with Crippen LogP contribution in [0.5, 0.6) is 0 Å². The molecular formula is C22H24N4O4S2. The van der Waals surface area contributed by atoms with Crippen molar-refractivity contribution in [3.05, 3.63) is 56.7 Å². The molecule has 2 amide bonds. The number of nitrogens with zero attached hydrogens (tertiary/aromatic N) is 2. The van der Waals surface area contributed by atoms with E-state index < -0.39 is 5.91 Å². The lowest BCUT2D eigenvalue weighted by Crippen LogP contribution is -2.42. The Labute approximate surface area is 193 Å². The smallest absolute Gasteiger partial charge is 0.269 e. The summed E-state index contributed by atoms with van der Waals surface area (Å²) in [6, 6.07) is 8.62. The first kappa shape index (κ1) is 22.5. The number of hydrogen-bond donors (Lipinski definition) is 2. The predicted octanol–water partition coefficient (Wildman–Crippen LogP) is 2.54. The van der Waals surface area contributed by atoms with Crippen LogP contribution in [0.4, 0.5) is 0 Å². The van der Waals surface area contributed by atoms with Crippen molar-refractivity contribution >= 4 is 45.1 Å². The molecule has 0 radical (unpaired) electrons. The van der Waals surface area contributed by atoms with Crippen LogP contribution < -0.4 is 16.4 Å². The number of thiophene rings is 1. The maximum absolute atomic E-state index is 13.3. The van der Waals surface area contributed by atoms with E-state index in [9.17, 15) is 14.4 Å². The van der Waals surface area contributed by atoms with Crippen LogP contribution in [0.15, 0.2) is 40.3 Å². The van der Waals surface area contributed by atoms with E-state index in [2.05, 4.69) is 10.9 Å². The van der Waals surface area contributed by atoms with E-state index >= 15 is 0 Å². The number of benzene rings is 1. The van der Waals surface area contributed by atoms with E-state index in [-0.39, 0.29) is 17.2 Å². The molecule has 2 aromatic heterocycles. The first-order valence-electron chi connectivity index (χ1n) is 10.4. The standard InChI is InChI=1S/C22H24N4O4S2/c1-30-12-6-11-26-21(29)18-15-9-5-10-16(15)32-20(18)23-22(26)31-13-17(27)24-25-19(28)14-7-3-2-4-8-14/h2-4,7-8H,5-6,9-13H2,1H3,(H,24,27)(H,25,28). The summed E-state index contributed by atoms with van der Waals surface area (Å²) in [6.45, 7) is 0.997. The molecule has 10 heteroatoms. The summed E-state index contributed by atoms with van der Waals surface area (Å²) < 4.78 is 6.78. The summed E-state index contributed by atoms with van der Waals surface area (Å²) in [6.07, 6.45) is 3.65. The van der Waals surface area contributed by atoms with Crippen LogP contribution in [0, 0.1) is 0 Å². The number of rotatable bonds is 8. The third-order valence-electron chi connectivity index (χ3n) is 5.20. The van der Waals surface area contributed by atoms with Crippen molar-refractivity contribution in [3.8, 4) is 0 Å². The third kappa shape index (κ3) is 4.87. The molecule has 0 saturated heterocycles. The second kappa shape index (κ2) is 10.3. The van der Waals surface area contributed by atoms with Crippen LogP contribution in [-0.2, 0) is 28.9 Å². The summed E-state index contributed by atoms with van der Waals surface area (Å²) in [7, 11) is 1.62. The van der Waals surface area contributed by atoms with Gasteiger partial charge in [-0.15, -0.1) is 11.3 Å². The minimum absolute atomic E-state index is 0.0163. The highest BCUT2D eigenvalue weighted by molar-refractivity contribution is 7.99. The Hall–Kier alpha value is -2.69. The monoisotopic (exact) mass is 472 g/mol. The van der Waals surface area contributed by atoms with Crippen LogP contribution in [0.3, 0.4) is 0 Å². The van der Waals surface area contributed by atoms with E-state index in [1.165, 1.54) is 16.6 Å². The quantitative estimate of drug-likeness (QED) is 0.226. The molecule has 0 atom stereocenters. The summed E-state index contributed by atoms with van der Waals surface area (Å²) in [4.78, 5) is 44.4. The summed E-state index contributed by atoms with van der Waals surface area (Å²) in [5, 5.41) is 1.23. The van der Waals surface area contributed by atoms with Crippen molar-refractivity contribution in [1.82, 2.24) is 20.4 Å². The molecule has 8 nitrogen and oxygen atoms in total. The molecule has 1 aromatic carbocycles. The topological polar surface area (TPSA) is 102 Å². The first-order valence-corrected chi connectivity index (χ1v) is 12.2. The Balaban J connectivity index is 1.47. The number of hydrazine groups is 1. The molecule has 0 fully saturated rings. The molecule has 3 aromatic rings. The molecule has 0 unspecified atom stereocenters. The fourth-order valence-electron chi connectivity index (χ4n) is 3.69. The molecule has 1 aliphatic rings. The van der Waals surface area contributed by atoms with E-state index in [1.807, 2.05) is 6.07 Å². The molecule has 2 heterocycles. The molecule has 168 valence electrons. The molecule has 4 rings (SSSR count). The van der Waals surface area contributed by atoms with Gasteiger partial charge in [0.2, 0.25) is 5.91 Å². The number of aromatic nitrogens is 2. The Kier molecular flexibility index (Phi) is 7.23. The van der Waals surface area contributed by atoms with Gasteiger partial charge in [0.1, 0.15) is 4.83 Å². The fourth-order valence-corrected chi connectivity index (χ4v) is 5.81. The van der Waals surface area contributed by atoms with Crippen molar-refractivity contribution in [2.75, 3.05) is 19.5 Å². The van der Waals surface area contributed by atoms with Crippen LogP contribution in [0.2, 0.25) is 0 Å². The first-order chi connectivity index (χ1) is 15.6. The lowest BCUT2D eigenvalue weighted by molar-refractivity contribution is -0.119. The zero-order valence-electron chi connectivity index (χ0n) is 17.7. The van der Waals surface area contributed by atoms with E-state index in [0.29, 0.717) is 30.3 Å². The van der Waals surface area contributed by atoms with Crippen LogP contribution in [-0.4, -0.2) is 40.8 Å². The van der Waals surface area contributed by atoms with Gasteiger partial charge >= 0.3 is 0 Å². The Morgan fingerprint density at radius 1 is 1.22 bits per heavy atom. The second-order valence-electron chi connectivity index (χ2n) is 7.39. The van der Waals surface area contributed by atoms with Crippen molar-refractivity contribution in [2.24, 2.45) is 0 Å². The van der Waals surface area contributed by atoms with Gasteiger partial charge in [0.15, 0.2) is 5.16 Å². The van der Waals surface area contributed by atoms with Gasteiger partial charge in [-0.05, 0) is 43.4 Å². The highest BCUT2D eigenvalue weighted by Gasteiger charge is 2.23. The van der Waals surface area contributed by atoms with Crippen molar-refractivity contribution in [1.29, 1.82) is 0 Å². The van der Waals surface area contributed by atoms with Crippen molar-refractivity contribution in [3.63, 3.8) is 0 Å². The molecule has 2 N–H and O–H groups in total. The fraction of sp³-hybridized carbons (Fsp3) is 0.364. The maximum atomic E-state index is 13.3. The number of carbonyl (C=O) groups is 2. The molecule has 1 aliphatic carbocycles. The van der Waals surface area contributed by atoms with Crippen LogP contribution in [0.1, 0.15) is 33.6 Å². The number of carbonyl (C=O) groups excluding carboxylic acids is 2. The number of methoxy groups -OCH3 is 1. The highest BCUT2D eigenvalue weighted by atomic mass is 32.2. The second-order valence-corrected chi connectivity index (χ2v) is 9.42. The number of hydrogen-bond acceptors (Lipinski definition) is 7. The molecule has 0 bridgehead atoms. The van der Waals surface area contributed by atoms with Gasteiger partial charge in [0.05, 0.1) is 11.1 Å². The maximum Gasteiger partial charge on any atom is 0.269 e. The van der Waals surface area contributed by atoms with Crippen LogP contribution in [0.25, 0.3) is 10.2 Å². The van der Waals surface area contributed by atoms with Gasteiger partial charge < -0.3 is 4.74 Å². The Morgan fingerprint density at radius 2 is 2.03 bits per heavy atom. The van der Waals surface area contributed by atoms with Gasteiger partial charge in [0, 0.05) is 30.7 Å². The van der Waals surface area contributed by atoms with Crippen molar-refractivity contribution < 1.29 is 14.3 Å². The summed E-state index contributed by atoms with van der Waals surface area (Å²) in [5.41, 5.74) is 6.36. The van der Waals surface area contributed by atoms with Gasteiger partial charge in [-0.1, -0.05) is 30.0 Å². The van der Waals surface area contributed by atoms with E-state index in [0.717, 1.165) is 35.0 Å². The number of ether oxygens (including phenoxy) is 1. The van der Waals surface area contributed by atoms with Gasteiger partial charge in [-0.2, -0.15) is 0 Å². The average molecular weight is 473 g/mol. The Bertz CT molecular complexity index is 1190. The molecule has 0 aliphatic heterocycles. The predicted molar refractivity (Wildman–Crippen MR) is 125 cm³/mol. The SMILES string of the molecule is COCCCn1c(SCC(=O)NNC(=O)c2ccccc2)nc2sc3c(c2c1=O)CCC3. The average Bonchev–Trinajstić information content (AvgIpc) is 3.39. The lowest BCUT2D eigenvalue weighted by atomic mass is 10.2. The summed E-state index contributed by atoms with van der Waals surface area (Å²) in [5.74, 6) is -0.763. The number of thioether (sulfide) groups is 1. The van der Waals surface area contributed by atoms with Crippen molar-refractivity contribution in [2.45, 2.75) is 37.4 Å². The lowest BCUT2D eigenvalue weighted by Gasteiger charge is -2.12. The normalized spacial score (nSPS) is 12.7. The number of nitrogens with one attached hydrogen (secondary N) is 2. The molecule has 0 saturated carbocycles. The summed E-state index contributed by atoms with van der Waals surface area (Å²) >= 11 is 2.76. The number of fused-ring (bicyclic) bond motifs is 3. The third-order valence-corrected chi connectivity index (χ3v) is 7.37. The minimum Gasteiger partial charge on any atom is -0.385 e. The zero-order valence-corrected chi connectivity index (χ0v) is 19.3. The Morgan fingerprint density at radius 3 is 2.81 bits per heavy atom. The molecule has 0 spiro atoms. The minimum atomic E-state index is -0.395. The molecular weight excluding hydrogens is 448 g/mol. The number of amides is 2. The van der Waals surface area contributed by atoms with Crippen LogP contribution >= 0.6 is 23.1 Å². The largest absolute Gasteiger partial charge is 0.385 e. The van der Waals surface area contributed by atoms with Gasteiger partial charge in [0.25, 0.3) is 11.5 Å². The number of aryl methyl sites for hydroxylation is 2. The highest BCUT2D eigenvalue weighted by Crippen LogP contribution is 2.35. The molecule has 32 heavy (non-hydrogen) atoms. The van der Waals surface area contributed by atoms with E-state index in [1.54, 1.807) is 47.3 Å². The van der Waals surface area contributed by atoms with Gasteiger partial charge in [-0.25, -0.2) is 4.98 Å². The van der Waals surface area contributed by atoms with E-state index in [4.69, 9.17) is 9.72 Å².